The monoisotopic (exact) mass is 228 g/mol. The number of nitrogens with zero attached hydrogens (tertiary/aromatic N) is 1. The molecule has 75 valence electrons. The Kier molecular flexibility index (Phi) is 3.32. The van der Waals surface area contributed by atoms with Crippen LogP contribution in [0.2, 0.25) is 10.0 Å². The van der Waals surface area contributed by atoms with Gasteiger partial charge in [0.1, 0.15) is 0 Å². The summed E-state index contributed by atoms with van der Waals surface area (Å²) in [6, 6.07) is 5.88. The molecule has 3 heteroatoms. The van der Waals surface area contributed by atoms with E-state index in [1.54, 1.807) is 0 Å². The molecule has 1 nitrogen and oxygen atoms in total. The van der Waals surface area contributed by atoms with Crippen LogP contribution in [0.1, 0.15) is 24.3 Å². The molecule has 2 rings (SSSR count). The summed E-state index contributed by atoms with van der Waals surface area (Å²) in [7, 11) is 0. The molecule has 1 saturated heterocycles. The zero-order chi connectivity index (χ0) is 9.97. The quantitative estimate of drug-likeness (QED) is 0.700. The third-order valence-electron chi connectivity index (χ3n) is 2.69. The van der Waals surface area contributed by atoms with Crippen LogP contribution in [-0.2, 0) is 0 Å². The van der Waals surface area contributed by atoms with Gasteiger partial charge in [0.25, 0.3) is 0 Å². The topological polar surface area (TPSA) is 14.1 Å². The van der Waals surface area contributed by atoms with Gasteiger partial charge < -0.3 is 0 Å². The fraction of sp³-hybridized carbons (Fsp3) is 0.455. The zero-order valence-electron chi connectivity index (χ0n) is 7.84. The number of piperidine rings is 1. The van der Waals surface area contributed by atoms with Gasteiger partial charge in [-0.15, -0.1) is 0 Å². The van der Waals surface area contributed by atoms with Crippen LogP contribution in [-0.4, -0.2) is 13.1 Å². The molecular weight excluding hydrogens is 217 g/mol. The van der Waals surface area contributed by atoms with E-state index in [1.807, 2.05) is 12.1 Å². The molecule has 1 aliphatic rings. The lowest BCUT2D eigenvalue weighted by molar-refractivity contribution is 0.453. The second-order valence-corrected chi connectivity index (χ2v) is 4.37. The molecule has 0 N–H and O–H groups in total. The molecule has 0 aromatic heterocycles. The van der Waals surface area contributed by atoms with Crippen molar-refractivity contribution in [1.29, 1.82) is 0 Å². The van der Waals surface area contributed by atoms with Crippen LogP contribution in [0.5, 0.6) is 0 Å². The van der Waals surface area contributed by atoms with Crippen LogP contribution < -0.4 is 5.32 Å². The molecule has 0 aliphatic carbocycles. The normalized spacial score (nSPS) is 18.4. The first-order chi connectivity index (χ1) is 6.79. The summed E-state index contributed by atoms with van der Waals surface area (Å²) < 4.78 is 0. The van der Waals surface area contributed by atoms with Gasteiger partial charge in [0.2, 0.25) is 0 Å². The first-order valence-electron chi connectivity index (χ1n) is 4.86. The smallest absolute Gasteiger partial charge is 0.0627 e. The van der Waals surface area contributed by atoms with Gasteiger partial charge in [0.15, 0.2) is 0 Å². The predicted octanol–water partition coefficient (Wildman–Crippen LogP) is 3.48. The van der Waals surface area contributed by atoms with Gasteiger partial charge in [-0.3, -0.25) is 0 Å². The molecule has 0 spiro atoms. The van der Waals surface area contributed by atoms with Crippen LogP contribution in [0.15, 0.2) is 18.2 Å². The molecule has 1 aromatic rings. The molecule has 1 fully saturated rings. The Balaban J connectivity index is 2.26. The van der Waals surface area contributed by atoms with E-state index in [-0.39, 0.29) is 0 Å². The largest absolute Gasteiger partial charge is 0.242 e. The lowest BCUT2D eigenvalue weighted by atomic mass is 9.90. The maximum absolute atomic E-state index is 6.16. The van der Waals surface area contributed by atoms with Crippen LogP contribution >= 0.6 is 23.2 Å². The summed E-state index contributed by atoms with van der Waals surface area (Å²) in [5.74, 6) is 0.540. The first-order valence-corrected chi connectivity index (χ1v) is 5.62. The summed E-state index contributed by atoms with van der Waals surface area (Å²) in [5.41, 5.74) is 1.19. The van der Waals surface area contributed by atoms with Gasteiger partial charge in [0, 0.05) is 13.1 Å². The molecule has 14 heavy (non-hydrogen) atoms. The number of halogens is 2. The van der Waals surface area contributed by atoms with E-state index < -0.39 is 0 Å². The Hall–Kier alpha value is -0.240. The van der Waals surface area contributed by atoms with Gasteiger partial charge in [-0.2, -0.15) is 0 Å². The molecule has 0 saturated carbocycles. The van der Waals surface area contributed by atoms with E-state index in [0.717, 1.165) is 31.0 Å². The first kappa shape index (κ1) is 10.3. The summed E-state index contributed by atoms with van der Waals surface area (Å²) in [6.45, 7) is 1.90. The van der Waals surface area contributed by atoms with Gasteiger partial charge in [-0.25, -0.2) is 5.32 Å². The van der Waals surface area contributed by atoms with Crippen molar-refractivity contribution in [3.63, 3.8) is 0 Å². The number of rotatable bonds is 1. The van der Waals surface area contributed by atoms with Crippen molar-refractivity contribution >= 4 is 23.2 Å². The zero-order valence-corrected chi connectivity index (χ0v) is 9.35. The van der Waals surface area contributed by atoms with Gasteiger partial charge >= 0.3 is 0 Å². The Morgan fingerprint density at radius 1 is 1.14 bits per heavy atom. The summed E-state index contributed by atoms with van der Waals surface area (Å²) in [6.07, 6.45) is 2.19. The molecule has 1 aromatic carbocycles. The molecule has 0 unspecified atom stereocenters. The van der Waals surface area contributed by atoms with E-state index in [0.29, 0.717) is 10.9 Å². The highest BCUT2D eigenvalue weighted by atomic mass is 35.5. The van der Waals surface area contributed by atoms with Crippen molar-refractivity contribution in [3.8, 4) is 0 Å². The molecule has 0 atom stereocenters. The predicted molar refractivity (Wildman–Crippen MR) is 60.3 cm³/mol. The number of hydrogen-bond acceptors (Lipinski definition) is 0. The highest BCUT2D eigenvalue weighted by molar-refractivity contribution is 6.42. The summed E-state index contributed by atoms with van der Waals surface area (Å²) >= 11 is 12.1. The van der Waals surface area contributed by atoms with E-state index in [4.69, 9.17) is 23.2 Å². The average molecular weight is 229 g/mol. The minimum absolute atomic E-state index is 0.540. The SMILES string of the molecule is Clc1cccc(C2CC[N]CC2)c1Cl. The van der Waals surface area contributed by atoms with Crippen molar-refractivity contribution in [1.82, 2.24) is 5.32 Å². The Morgan fingerprint density at radius 3 is 2.57 bits per heavy atom. The van der Waals surface area contributed by atoms with E-state index in [2.05, 4.69) is 11.4 Å². The second kappa shape index (κ2) is 4.52. The number of benzene rings is 1. The molecule has 0 amide bonds. The number of hydrogen-bond donors (Lipinski definition) is 0. The van der Waals surface area contributed by atoms with Crippen molar-refractivity contribution < 1.29 is 0 Å². The molecule has 1 heterocycles. The summed E-state index contributed by atoms with van der Waals surface area (Å²) in [5, 5.41) is 5.71. The van der Waals surface area contributed by atoms with Gasteiger partial charge in [-0.05, 0) is 30.4 Å². The van der Waals surface area contributed by atoms with Crippen molar-refractivity contribution in [2.24, 2.45) is 0 Å². The maximum atomic E-state index is 6.16. The van der Waals surface area contributed by atoms with Crippen LogP contribution in [0.3, 0.4) is 0 Å². The Bertz CT molecular complexity index is 319. The lowest BCUT2D eigenvalue weighted by Crippen LogP contribution is -2.21. The Morgan fingerprint density at radius 2 is 1.86 bits per heavy atom. The Labute approximate surface area is 94.4 Å². The molecular formula is C11H12Cl2N. The standard InChI is InChI=1S/C11H12Cl2N/c12-10-3-1-2-9(11(10)13)8-4-6-14-7-5-8/h1-3,8H,4-7H2. The van der Waals surface area contributed by atoms with Crippen molar-refractivity contribution in [2.75, 3.05) is 13.1 Å². The minimum atomic E-state index is 0.540. The van der Waals surface area contributed by atoms with Crippen molar-refractivity contribution in [3.05, 3.63) is 33.8 Å². The molecule has 1 aliphatic heterocycles. The maximum Gasteiger partial charge on any atom is 0.0627 e. The van der Waals surface area contributed by atoms with Gasteiger partial charge in [0.05, 0.1) is 10.0 Å². The van der Waals surface area contributed by atoms with Crippen LogP contribution in [0, 0.1) is 0 Å². The summed E-state index contributed by atoms with van der Waals surface area (Å²) in [4.78, 5) is 0. The van der Waals surface area contributed by atoms with Crippen molar-refractivity contribution in [2.45, 2.75) is 18.8 Å². The fourth-order valence-electron chi connectivity index (χ4n) is 1.90. The fourth-order valence-corrected chi connectivity index (χ4v) is 2.36. The van der Waals surface area contributed by atoms with Crippen LogP contribution in [0.25, 0.3) is 0 Å². The van der Waals surface area contributed by atoms with Crippen LogP contribution in [0.4, 0.5) is 0 Å². The third kappa shape index (κ3) is 2.05. The third-order valence-corrected chi connectivity index (χ3v) is 3.53. The van der Waals surface area contributed by atoms with E-state index in [9.17, 15) is 0 Å². The highest BCUT2D eigenvalue weighted by Gasteiger charge is 2.18. The molecule has 1 radical (unpaired) electrons. The van der Waals surface area contributed by atoms with Gasteiger partial charge in [-0.1, -0.05) is 35.3 Å². The highest BCUT2D eigenvalue weighted by Crippen LogP contribution is 2.34. The average Bonchev–Trinajstić information content (AvgIpc) is 2.23. The minimum Gasteiger partial charge on any atom is -0.242 e. The lowest BCUT2D eigenvalue weighted by Gasteiger charge is -2.23. The second-order valence-electron chi connectivity index (χ2n) is 3.59. The van der Waals surface area contributed by atoms with E-state index in [1.165, 1.54) is 5.56 Å². The molecule has 0 bridgehead atoms. The van der Waals surface area contributed by atoms with E-state index >= 15 is 0 Å².